The fourth-order valence-corrected chi connectivity index (χ4v) is 2.53. The first-order valence-corrected chi connectivity index (χ1v) is 6.66. The molecular weight excluding hydrogens is 226 g/mol. The number of likely N-dealkylation sites (tertiary alicyclic amines) is 1. The summed E-state index contributed by atoms with van der Waals surface area (Å²) in [4.78, 5) is 13.8. The lowest BCUT2D eigenvalue weighted by atomic mass is 9.96. The number of carbonyl (C=O) groups is 1. The van der Waals surface area contributed by atoms with E-state index in [1.54, 1.807) is 0 Å². The second-order valence-corrected chi connectivity index (χ2v) is 5.09. The maximum atomic E-state index is 11.9. The quantitative estimate of drug-likeness (QED) is 0.820. The van der Waals surface area contributed by atoms with Gasteiger partial charge in [0.15, 0.2) is 0 Å². The zero-order valence-electron chi connectivity index (χ0n) is 11.1. The number of amides is 1. The summed E-state index contributed by atoms with van der Waals surface area (Å²) in [5.41, 5.74) is 1.03. The monoisotopic (exact) mass is 247 g/mol. The molecule has 98 valence electrons. The number of carbonyl (C=O) groups excluding carboxylic acids is 1. The van der Waals surface area contributed by atoms with Crippen LogP contribution in [0.1, 0.15) is 25.8 Å². The van der Waals surface area contributed by atoms with Crippen molar-refractivity contribution in [2.75, 3.05) is 13.1 Å². The van der Waals surface area contributed by atoms with Crippen LogP contribution in [0.5, 0.6) is 0 Å². The van der Waals surface area contributed by atoms with Gasteiger partial charge in [-0.05, 0) is 17.4 Å². The van der Waals surface area contributed by atoms with E-state index in [-0.39, 0.29) is 6.09 Å². The van der Waals surface area contributed by atoms with Crippen molar-refractivity contribution in [1.29, 1.82) is 0 Å². The molecule has 2 atom stereocenters. The van der Waals surface area contributed by atoms with Gasteiger partial charge in [-0.15, -0.1) is 0 Å². The van der Waals surface area contributed by atoms with Crippen molar-refractivity contribution < 1.29 is 9.53 Å². The summed E-state index contributed by atoms with van der Waals surface area (Å²) in [6, 6.07) is 9.80. The standard InChI is InChI=1S/C15H21NO2/c1-3-14-10-16(9-12(14)2)15(17)18-11-13-7-5-4-6-8-13/h4-8,12,14H,3,9-11H2,1-2H3/t12-,14-/m0/s1. The smallest absolute Gasteiger partial charge is 0.410 e. The maximum Gasteiger partial charge on any atom is 0.410 e. The molecule has 1 aliphatic rings. The van der Waals surface area contributed by atoms with Gasteiger partial charge in [0.25, 0.3) is 0 Å². The highest BCUT2D eigenvalue weighted by Gasteiger charge is 2.31. The fourth-order valence-electron chi connectivity index (χ4n) is 2.53. The van der Waals surface area contributed by atoms with Crippen LogP contribution >= 0.6 is 0 Å². The van der Waals surface area contributed by atoms with Crippen molar-refractivity contribution in [3.8, 4) is 0 Å². The Kier molecular flexibility index (Phi) is 4.24. The van der Waals surface area contributed by atoms with E-state index in [2.05, 4.69) is 13.8 Å². The molecule has 1 aliphatic heterocycles. The molecule has 1 heterocycles. The van der Waals surface area contributed by atoms with Crippen molar-refractivity contribution >= 4 is 6.09 Å². The molecule has 0 unspecified atom stereocenters. The molecule has 0 radical (unpaired) electrons. The molecule has 0 saturated carbocycles. The van der Waals surface area contributed by atoms with Crippen molar-refractivity contribution in [2.24, 2.45) is 11.8 Å². The SMILES string of the molecule is CC[C@H]1CN(C(=O)OCc2ccccc2)C[C@@H]1C. The van der Waals surface area contributed by atoms with Gasteiger partial charge < -0.3 is 9.64 Å². The van der Waals surface area contributed by atoms with Gasteiger partial charge in [0.2, 0.25) is 0 Å². The van der Waals surface area contributed by atoms with Crippen LogP contribution in [0.4, 0.5) is 4.79 Å². The van der Waals surface area contributed by atoms with Crippen LogP contribution in [0.2, 0.25) is 0 Å². The summed E-state index contributed by atoms with van der Waals surface area (Å²) >= 11 is 0. The van der Waals surface area contributed by atoms with Gasteiger partial charge in [-0.2, -0.15) is 0 Å². The first-order chi connectivity index (χ1) is 8.70. The number of rotatable bonds is 3. The van der Waals surface area contributed by atoms with Gasteiger partial charge in [-0.1, -0.05) is 50.6 Å². The molecule has 1 saturated heterocycles. The Morgan fingerprint density at radius 2 is 2.06 bits per heavy atom. The Morgan fingerprint density at radius 3 is 2.67 bits per heavy atom. The molecule has 1 aromatic carbocycles. The zero-order valence-corrected chi connectivity index (χ0v) is 11.1. The highest BCUT2D eigenvalue weighted by Crippen LogP contribution is 2.25. The lowest BCUT2D eigenvalue weighted by Gasteiger charge is -2.16. The van der Waals surface area contributed by atoms with E-state index in [0.717, 1.165) is 25.1 Å². The molecule has 3 heteroatoms. The van der Waals surface area contributed by atoms with Crippen molar-refractivity contribution in [3.63, 3.8) is 0 Å². The van der Waals surface area contributed by atoms with Gasteiger partial charge >= 0.3 is 6.09 Å². The van der Waals surface area contributed by atoms with E-state index < -0.39 is 0 Å². The first-order valence-electron chi connectivity index (χ1n) is 6.66. The lowest BCUT2D eigenvalue weighted by molar-refractivity contribution is 0.102. The van der Waals surface area contributed by atoms with E-state index >= 15 is 0 Å². The van der Waals surface area contributed by atoms with E-state index in [1.807, 2.05) is 35.2 Å². The summed E-state index contributed by atoms with van der Waals surface area (Å²) in [7, 11) is 0. The molecule has 0 spiro atoms. The van der Waals surface area contributed by atoms with E-state index in [1.165, 1.54) is 0 Å². The number of ether oxygens (including phenoxy) is 1. The molecule has 0 bridgehead atoms. The Labute approximate surface area is 109 Å². The normalized spacial score (nSPS) is 23.1. The molecular formula is C15H21NO2. The highest BCUT2D eigenvalue weighted by molar-refractivity contribution is 5.68. The Balaban J connectivity index is 1.82. The van der Waals surface area contributed by atoms with Crippen molar-refractivity contribution in [2.45, 2.75) is 26.9 Å². The predicted molar refractivity (Wildman–Crippen MR) is 71.1 cm³/mol. The molecule has 0 N–H and O–H groups in total. The molecule has 3 nitrogen and oxygen atoms in total. The number of hydrogen-bond acceptors (Lipinski definition) is 2. The van der Waals surface area contributed by atoms with Gasteiger partial charge in [-0.3, -0.25) is 0 Å². The van der Waals surface area contributed by atoms with Crippen LogP contribution < -0.4 is 0 Å². The lowest BCUT2D eigenvalue weighted by Crippen LogP contribution is -2.29. The molecule has 2 rings (SSSR count). The van der Waals surface area contributed by atoms with Crippen molar-refractivity contribution in [1.82, 2.24) is 4.90 Å². The number of nitrogens with zero attached hydrogens (tertiary/aromatic N) is 1. The Morgan fingerprint density at radius 1 is 1.33 bits per heavy atom. The van der Waals surface area contributed by atoms with Gasteiger partial charge in [0.05, 0.1) is 0 Å². The van der Waals surface area contributed by atoms with E-state index in [4.69, 9.17) is 4.74 Å². The van der Waals surface area contributed by atoms with Crippen LogP contribution in [-0.4, -0.2) is 24.1 Å². The van der Waals surface area contributed by atoms with Crippen molar-refractivity contribution in [3.05, 3.63) is 35.9 Å². The molecule has 0 aliphatic carbocycles. The maximum absolute atomic E-state index is 11.9. The fraction of sp³-hybridized carbons (Fsp3) is 0.533. The molecule has 1 amide bonds. The average Bonchev–Trinajstić information content (AvgIpc) is 2.78. The largest absolute Gasteiger partial charge is 0.445 e. The number of benzene rings is 1. The Bertz CT molecular complexity index is 391. The third kappa shape index (κ3) is 3.03. The van der Waals surface area contributed by atoms with E-state index in [9.17, 15) is 4.79 Å². The summed E-state index contributed by atoms with van der Waals surface area (Å²) in [6.45, 7) is 6.41. The van der Waals surface area contributed by atoms with Gasteiger partial charge in [-0.25, -0.2) is 4.79 Å². The highest BCUT2D eigenvalue weighted by atomic mass is 16.6. The second kappa shape index (κ2) is 5.89. The summed E-state index contributed by atoms with van der Waals surface area (Å²) in [6.07, 6.45) is 0.950. The minimum Gasteiger partial charge on any atom is -0.445 e. The summed E-state index contributed by atoms with van der Waals surface area (Å²) in [5, 5.41) is 0. The van der Waals surface area contributed by atoms with Crippen LogP contribution in [0.25, 0.3) is 0 Å². The molecule has 1 aromatic rings. The first kappa shape index (κ1) is 12.9. The average molecular weight is 247 g/mol. The van der Waals surface area contributed by atoms with Crippen LogP contribution in [0.15, 0.2) is 30.3 Å². The topological polar surface area (TPSA) is 29.5 Å². The third-order valence-electron chi connectivity index (χ3n) is 3.76. The number of hydrogen-bond donors (Lipinski definition) is 0. The van der Waals surface area contributed by atoms with Gasteiger partial charge in [0, 0.05) is 13.1 Å². The third-order valence-corrected chi connectivity index (χ3v) is 3.76. The van der Waals surface area contributed by atoms with Gasteiger partial charge in [0.1, 0.15) is 6.61 Å². The molecule has 18 heavy (non-hydrogen) atoms. The van der Waals surface area contributed by atoms with Crippen LogP contribution in [0, 0.1) is 11.8 Å². The van der Waals surface area contributed by atoms with E-state index in [0.29, 0.717) is 18.4 Å². The predicted octanol–water partition coefficient (Wildman–Crippen LogP) is 3.30. The van der Waals surface area contributed by atoms with Crippen LogP contribution in [-0.2, 0) is 11.3 Å². The Hall–Kier alpha value is -1.51. The summed E-state index contributed by atoms with van der Waals surface area (Å²) in [5.74, 6) is 1.20. The van der Waals surface area contributed by atoms with Crippen LogP contribution in [0.3, 0.4) is 0 Å². The minimum atomic E-state index is -0.179. The zero-order chi connectivity index (χ0) is 13.0. The molecule has 1 fully saturated rings. The second-order valence-electron chi connectivity index (χ2n) is 5.09. The molecule has 0 aromatic heterocycles. The minimum absolute atomic E-state index is 0.179. The summed E-state index contributed by atoms with van der Waals surface area (Å²) < 4.78 is 5.34.